The molecule has 0 heterocycles. The molecule has 1 aliphatic carbocycles. The smallest absolute Gasteiger partial charge is 0.303 e. The summed E-state index contributed by atoms with van der Waals surface area (Å²) in [4.78, 5) is 10.3. The van der Waals surface area contributed by atoms with Crippen LogP contribution in [0.15, 0.2) is 0 Å². The zero-order valence-electron chi connectivity index (χ0n) is 11.8. The molecule has 4 N–H and O–H groups in total. The van der Waals surface area contributed by atoms with E-state index >= 15 is 0 Å². The predicted molar refractivity (Wildman–Crippen MR) is 74.8 cm³/mol. The molecule has 5 heteroatoms. The van der Waals surface area contributed by atoms with Crippen molar-refractivity contribution in [3.05, 3.63) is 0 Å². The second-order valence-corrected chi connectivity index (χ2v) is 5.49. The van der Waals surface area contributed by atoms with Crippen molar-refractivity contribution in [2.45, 2.75) is 44.9 Å². The van der Waals surface area contributed by atoms with Crippen LogP contribution in [0.3, 0.4) is 0 Å². The van der Waals surface area contributed by atoms with Gasteiger partial charge in [0.1, 0.15) is 0 Å². The standard InChI is InChI=1S/C14H28N2O3/c15-9-12-4-3-5-13(8-12)10-16-11-19-7-2-1-6-14(17)18/h12-13,16H,1-11,15H2,(H,17,18). The zero-order chi connectivity index (χ0) is 13.9. The molecule has 0 aromatic carbocycles. The van der Waals surface area contributed by atoms with Gasteiger partial charge in [-0.05, 0) is 50.5 Å². The Labute approximate surface area is 115 Å². The summed E-state index contributed by atoms with van der Waals surface area (Å²) >= 11 is 0. The van der Waals surface area contributed by atoms with E-state index in [1.165, 1.54) is 25.7 Å². The van der Waals surface area contributed by atoms with Gasteiger partial charge in [-0.25, -0.2) is 0 Å². The minimum Gasteiger partial charge on any atom is -0.481 e. The number of hydrogen-bond donors (Lipinski definition) is 3. The molecule has 1 rings (SSSR count). The molecule has 0 aromatic rings. The van der Waals surface area contributed by atoms with Crippen LogP contribution in [0.2, 0.25) is 0 Å². The van der Waals surface area contributed by atoms with Gasteiger partial charge >= 0.3 is 5.97 Å². The summed E-state index contributed by atoms with van der Waals surface area (Å²) in [6, 6.07) is 0. The molecule has 0 amide bonds. The normalized spacial score (nSPS) is 23.4. The van der Waals surface area contributed by atoms with Gasteiger partial charge in [-0.1, -0.05) is 6.42 Å². The minimum atomic E-state index is -0.732. The van der Waals surface area contributed by atoms with E-state index < -0.39 is 5.97 Å². The molecule has 0 spiro atoms. The van der Waals surface area contributed by atoms with Crippen LogP contribution < -0.4 is 11.1 Å². The van der Waals surface area contributed by atoms with Crippen LogP contribution in [-0.4, -0.2) is 37.5 Å². The highest BCUT2D eigenvalue weighted by Gasteiger charge is 2.20. The Balaban J connectivity index is 1.89. The number of carbonyl (C=O) groups is 1. The molecule has 2 atom stereocenters. The Kier molecular flexibility index (Phi) is 8.79. The van der Waals surface area contributed by atoms with E-state index in [0.717, 1.165) is 25.4 Å². The molecule has 1 fully saturated rings. The van der Waals surface area contributed by atoms with E-state index in [1.54, 1.807) is 0 Å². The van der Waals surface area contributed by atoms with E-state index in [9.17, 15) is 4.79 Å². The van der Waals surface area contributed by atoms with E-state index in [1.807, 2.05) is 0 Å². The molecule has 19 heavy (non-hydrogen) atoms. The van der Waals surface area contributed by atoms with Crippen LogP contribution in [0.1, 0.15) is 44.9 Å². The second kappa shape index (κ2) is 10.2. The topological polar surface area (TPSA) is 84.6 Å². The van der Waals surface area contributed by atoms with Crippen molar-refractivity contribution in [3.8, 4) is 0 Å². The number of aliphatic carboxylic acids is 1. The highest BCUT2D eigenvalue weighted by molar-refractivity contribution is 5.66. The van der Waals surface area contributed by atoms with Gasteiger partial charge in [-0.15, -0.1) is 0 Å². The molecule has 2 unspecified atom stereocenters. The van der Waals surface area contributed by atoms with Crippen molar-refractivity contribution in [2.75, 3.05) is 26.4 Å². The minimum absolute atomic E-state index is 0.235. The highest BCUT2D eigenvalue weighted by atomic mass is 16.5. The molecule has 0 radical (unpaired) electrons. The third kappa shape index (κ3) is 8.18. The fourth-order valence-electron chi connectivity index (χ4n) is 2.69. The van der Waals surface area contributed by atoms with Gasteiger partial charge in [-0.2, -0.15) is 0 Å². The van der Waals surface area contributed by atoms with E-state index in [0.29, 0.717) is 25.7 Å². The Bertz CT molecular complexity index is 249. The lowest BCUT2D eigenvalue weighted by molar-refractivity contribution is -0.137. The number of carboxylic acid groups (broad SMARTS) is 1. The highest BCUT2D eigenvalue weighted by Crippen LogP contribution is 2.27. The van der Waals surface area contributed by atoms with Gasteiger partial charge in [0.15, 0.2) is 0 Å². The first-order valence-electron chi connectivity index (χ1n) is 7.42. The first-order valence-corrected chi connectivity index (χ1v) is 7.42. The molecule has 5 nitrogen and oxygen atoms in total. The van der Waals surface area contributed by atoms with Crippen molar-refractivity contribution >= 4 is 5.97 Å². The Morgan fingerprint density at radius 3 is 2.84 bits per heavy atom. The third-order valence-electron chi connectivity index (χ3n) is 3.79. The number of nitrogens with one attached hydrogen (secondary N) is 1. The van der Waals surface area contributed by atoms with E-state index in [4.69, 9.17) is 15.6 Å². The number of hydrogen-bond acceptors (Lipinski definition) is 4. The van der Waals surface area contributed by atoms with E-state index in [2.05, 4.69) is 5.32 Å². The fraction of sp³-hybridized carbons (Fsp3) is 0.929. The number of ether oxygens (including phenoxy) is 1. The van der Waals surface area contributed by atoms with Crippen LogP contribution in [0.25, 0.3) is 0 Å². The maximum atomic E-state index is 10.3. The molecule has 0 bridgehead atoms. The number of rotatable bonds is 10. The second-order valence-electron chi connectivity index (χ2n) is 5.49. The van der Waals surface area contributed by atoms with Crippen molar-refractivity contribution in [2.24, 2.45) is 17.6 Å². The molecule has 1 saturated carbocycles. The molecule has 0 aliphatic heterocycles. The summed E-state index contributed by atoms with van der Waals surface area (Å²) in [5, 5.41) is 11.8. The summed E-state index contributed by atoms with van der Waals surface area (Å²) in [5.41, 5.74) is 5.72. The summed E-state index contributed by atoms with van der Waals surface area (Å²) in [6.07, 6.45) is 6.85. The van der Waals surface area contributed by atoms with Gasteiger partial charge in [0.2, 0.25) is 0 Å². The SMILES string of the molecule is NCC1CCCC(CNCOCCCCC(=O)O)C1. The summed E-state index contributed by atoms with van der Waals surface area (Å²) in [5.74, 6) is 0.709. The predicted octanol–water partition coefficient (Wildman–Crippen LogP) is 1.57. The Morgan fingerprint density at radius 2 is 2.11 bits per heavy atom. The lowest BCUT2D eigenvalue weighted by atomic mass is 9.81. The first kappa shape index (κ1) is 16.4. The maximum absolute atomic E-state index is 10.3. The average molecular weight is 272 g/mol. The summed E-state index contributed by atoms with van der Waals surface area (Å²) < 4.78 is 5.43. The summed E-state index contributed by atoms with van der Waals surface area (Å²) in [6.45, 7) is 3.02. The van der Waals surface area contributed by atoms with Crippen LogP contribution in [0.4, 0.5) is 0 Å². The van der Waals surface area contributed by atoms with Gasteiger partial charge in [0.05, 0.1) is 6.73 Å². The van der Waals surface area contributed by atoms with Gasteiger partial charge in [-0.3, -0.25) is 10.1 Å². The number of nitrogens with two attached hydrogens (primary N) is 1. The number of unbranched alkanes of at least 4 members (excludes halogenated alkanes) is 1. The van der Waals surface area contributed by atoms with Crippen LogP contribution in [0.5, 0.6) is 0 Å². The molecular weight excluding hydrogens is 244 g/mol. The number of carboxylic acids is 1. The van der Waals surface area contributed by atoms with Crippen molar-refractivity contribution in [1.29, 1.82) is 0 Å². The largest absolute Gasteiger partial charge is 0.481 e. The van der Waals surface area contributed by atoms with Gasteiger partial charge in [0, 0.05) is 19.6 Å². The van der Waals surface area contributed by atoms with Crippen LogP contribution in [0, 0.1) is 11.8 Å². The first-order chi connectivity index (χ1) is 9.22. The van der Waals surface area contributed by atoms with E-state index in [-0.39, 0.29) is 6.42 Å². The zero-order valence-corrected chi connectivity index (χ0v) is 11.8. The fourth-order valence-corrected chi connectivity index (χ4v) is 2.69. The lowest BCUT2D eigenvalue weighted by Gasteiger charge is -2.28. The quantitative estimate of drug-likeness (QED) is 0.415. The monoisotopic (exact) mass is 272 g/mol. The van der Waals surface area contributed by atoms with Crippen LogP contribution >= 0.6 is 0 Å². The Hall–Kier alpha value is -0.650. The lowest BCUT2D eigenvalue weighted by Crippen LogP contribution is -2.31. The molecule has 0 saturated heterocycles. The average Bonchev–Trinajstić information content (AvgIpc) is 2.41. The third-order valence-corrected chi connectivity index (χ3v) is 3.79. The van der Waals surface area contributed by atoms with Crippen molar-refractivity contribution in [3.63, 3.8) is 0 Å². The van der Waals surface area contributed by atoms with Crippen molar-refractivity contribution in [1.82, 2.24) is 5.32 Å². The van der Waals surface area contributed by atoms with Gasteiger partial charge in [0.25, 0.3) is 0 Å². The van der Waals surface area contributed by atoms with Crippen molar-refractivity contribution < 1.29 is 14.6 Å². The molecule has 1 aliphatic rings. The maximum Gasteiger partial charge on any atom is 0.303 e. The van der Waals surface area contributed by atoms with Gasteiger partial charge < -0.3 is 15.6 Å². The molecule has 0 aromatic heterocycles. The Morgan fingerprint density at radius 1 is 1.32 bits per heavy atom. The molecule has 112 valence electrons. The molecular formula is C14H28N2O3. The summed E-state index contributed by atoms with van der Waals surface area (Å²) in [7, 11) is 0. The van der Waals surface area contributed by atoms with Crippen LogP contribution in [-0.2, 0) is 9.53 Å².